The van der Waals surface area contributed by atoms with Gasteiger partial charge in [0.1, 0.15) is 29.9 Å². The van der Waals surface area contributed by atoms with E-state index in [2.05, 4.69) is 47.2 Å². The van der Waals surface area contributed by atoms with Crippen molar-refractivity contribution in [1.29, 1.82) is 0 Å². The van der Waals surface area contributed by atoms with Gasteiger partial charge in [0.05, 0.1) is 31.7 Å². The maximum atomic E-state index is 15.0. The minimum absolute atomic E-state index is 0.0111. The van der Waals surface area contributed by atoms with Crippen molar-refractivity contribution >= 4 is 70.7 Å². The molecule has 8 atom stereocenters. The van der Waals surface area contributed by atoms with Gasteiger partial charge >= 0.3 is 0 Å². The normalized spacial score (nSPS) is 15.2. The molecule has 1 heterocycles. The van der Waals surface area contributed by atoms with E-state index in [0.717, 1.165) is 5.56 Å². The Labute approximate surface area is 550 Å². The standard InChI is InChI=1S/C66H99N15O13/c1-42(2)35-51(79-61(89)47(37-44-17-9-6-10-18-44)40-56(84)52(38-45-22-24-48(82)25-23-45)76-58(86)26-30-73-27-14-32-94-34-33-93-4)55(83)39-46(36-43-15-7-5-8-16-43)60(88)78-50(20-12-28-74-65(69)70)64(92)81-31-13-21-54(81)63(91)77-49(19-11-29-75-66(71)72-3)62(90)80-53(59(68)87)41-57(67)85/h5-10,15-18,22-25,42,46-47,49-54,73,82H,11-14,19-21,26-41H2,1-4H3,(H2,67,85)(H2,68,87)(H,76,86)(H,77,91)(H,78,88)(H,79,89)(H,80,90)(H4,69,70,74)(H3,71,72,75)/t46-,47-,49+,50+,51+,52+,53+,54+/m1/s1. The van der Waals surface area contributed by atoms with Crippen LogP contribution in [0.25, 0.3) is 0 Å². The first-order valence-electron chi connectivity index (χ1n) is 32.1. The summed E-state index contributed by atoms with van der Waals surface area (Å²) in [5.41, 5.74) is 29.9. The van der Waals surface area contributed by atoms with E-state index in [-0.39, 0.29) is 114 Å². The number of Topliss-reactive ketones (excluding diaryl/α,β-unsaturated/α-hetero) is 2. The number of carbonyl (C=O) groups excluding carboxylic acids is 10. The fourth-order valence-corrected chi connectivity index (χ4v) is 10.8. The summed E-state index contributed by atoms with van der Waals surface area (Å²) in [6, 6.07) is 16.8. The summed E-state index contributed by atoms with van der Waals surface area (Å²) in [4.78, 5) is 149. The average molecular weight is 1310 g/mol. The van der Waals surface area contributed by atoms with Gasteiger partial charge in [0.2, 0.25) is 47.3 Å². The Kier molecular flexibility index (Phi) is 34.8. The summed E-state index contributed by atoms with van der Waals surface area (Å²) in [5, 5.41) is 30.0. The zero-order chi connectivity index (χ0) is 69.0. The second-order valence-electron chi connectivity index (χ2n) is 23.8. The van der Waals surface area contributed by atoms with Crippen LogP contribution in [0.3, 0.4) is 0 Å². The van der Waals surface area contributed by atoms with Gasteiger partial charge < -0.3 is 85.4 Å². The smallest absolute Gasteiger partial charge is 0.245 e. The number of aliphatic imine (C=N–C) groups is 2. The number of benzene rings is 3. The van der Waals surface area contributed by atoms with Crippen molar-refractivity contribution in [1.82, 2.24) is 42.1 Å². The second-order valence-corrected chi connectivity index (χ2v) is 23.8. The maximum absolute atomic E-state index is 15.0. The van der Waals surface area contributed by atoms with Gasteiger partial charge in [-0.15, -0.1) is 0 Å². The predicted octanol–water partition coefficient (Wildman–Crippen LogP) is -0.207. The van der Waals surface area contributed by atoms with Crippen molar-refractivity contribution in [2.75, 3.05) is 66.7 Å². The van der Waals surface area contributed by atoms with E-state index in [0.29, 0.717) is 56.9 Å². The molecule has 1 fully saturated rings. The van der Waals surface area contributed by atoms with E-state index < -0.39 is 120 Å². The molecule has 28 nitrogen and oxygen atoms in total. The molecule has 0 radical (unpaired) electrons. The van der Waals surface area contributed by atoms with E-state index in [9.17, 15) is 43.5 Å². The number of phenolic OH excluding ortho intramolecular Hbond substituents is 1. The van der Waals surface area contributed by atoms with Crippen LogP contribution < -0.4 is 65.9 Å². The molecule has 28 heteroatoms. The molecule has 516 valence electrons. The number of amides is 8. The quantitative estimate of drug-likeness (QED) is 0.0198. The lowest BCUT2D eigenvalue weighted by atomic mass is 9.87. The molecule has 3 aromatic rings. The number of aromatic hydroxyl groups is 1. The molecule has 0 unspecified atom stereocenters. The summed E-state index contributed by atoms with van der Waals surface area (Å²) in [6.45, 7) is 6.50. The van der Waals surface area contributed by atoms with Crippen LogP contribution in [-0.2, 0) is 76.7 Å². The van der Waals surface area contributed by atoms with Gasteiger partial charge in [-0.1, -0.05) is 86.6 Å². The number of ether oxygens (including phenoxy) is 2. The Morgan fingerprint density at radius 1 is 0.617 bits per heavy atom. The number of nitrogens with zero attached hydrogens (tertiary/aromatic N) is 3. The van der Waals surface area contributed by atoms with Gasteiger partial charge in [-0.25, -0.2) is 0 Å². The zero-order valence-corrected chi connectivity index (χ0v) is 54.6. The number of carbonyl (C=O) groups is 10. The molecule has 3 aromatic carbocycles. The van der Waals surface area contributed by atoms with Crippen LogP contribution in [0.2, 0.25) is 0 Å². The number of hydrogen-bond donors (Lipinski definition) is 13. The van der Waals surface area contributed by atoms with Gasteiger partial charge in [0.15, 0.2) is 23.5 Å². The van der Waals surface area contributed by atoms with Gasteiger partial charge in [-0.3, -0.25) is 57.9 Å². The van der Waals surface area contributed by atoms with Crippen molar-refractivity contribution in [2.24, 2.45) is 56.4 Å². The Hall–Kier alpha value is -9.02. The highest BCUT2D eigenvalue weighted by Crippen LogP contribution is 2.24. The summed E-state index contributed by atoms with van der Waals surface area (Å²) in [7, 11) is 3.07. The first kappa shape index (κ1) is 77.4. The van der Waals surface area contributed by atoms with E-state index in [1.54, 1.807) is 61.7 Å². The third-order valence-corrected chi connectivity index (χ3v) is 15.7. The molecule has 0 aromatic heterocycles. The van der Waals surface area contributed by atoms with Crippen LogP contribution in [0.1, 0.15) is 108 Å². The number of hydrogen-bond acceptors (Lipinski definition) is 16. The number of phenols is 1. The molecule has 1 aliphatic rings. The molecular formula is C66H99N15O13. The number of likely N-dealkylation sites (tertiary alicyclic amines) is 1. The molecular weight excluding hydrogens is 1210 g/mol. The molecule has 0 saturated carbocycles. The van der Waals surface area contributed by atoms with E-state index in [1.165, 1.54) is 24.1 Å². The SMILES string of the molecule is CN=C(N)NCCC[C@H](NC(=O)[C@@H]1CCCN1C(=O)[C@H](CCCN=C(N)N)NC(=O)[C@@H](CC(=O)[C@H](CC(C)C)NC(=O)[C@@H](CC(=O)[C@H](Cc1ccc(O)cc1)NC(=O)CCNCCCOCCOC)Cc1ccccc1)Cc1ccccc1)C(=O)N[C@@H](CC(N)=O)C(N)=O. The topological polar surface area (TPSA) is 452 Å². The maximum Gasteiger partial charge on any atom is 0.245 e. The first-order valence-corrected chi connectivity index (χ1v) is 32.1. The number of nitrogens with two attached hydrogens (primary N) is 5. The third kappa shape index (κ3) is 29.3. The predicted molar refractivity (Wildman–Crippen MR) is 355 cm³/mol. The number of nitrogens with one attached hydrogen (secondary N) is 7. The summed E-state index contributed by atoms with van der Waals surface area (Å²) in [6.07, 6.45) is 0.642. The molecule has 18 N–H and O–H groups in total. The minimum atomic E-state index is -1.49. The van der Waals surface area contributed by atoms with Crippen LogP contribution in [0, 0.1) is 17.8 Å². The molecule has 0 aliphatic carbocycles. The summed E-state index contributed by atoms with van der Waals surface area (Å²) >= 11 is 0. The minimum Gasteiger partial charge on any atom is -0.508 e. The average Bonchev–Trinajstić information content (AvgIpc) is 1.55. The summed E-state index contributed by atoms with van der Waals surface area (Å²) < 4.78 is 10.5. The molecule has 8 amide bonds. The molecule has 94 heavy (non-hydrogen) atoms. The van der Waals surface area contributed by atoms with Gasteiger partial charge in [-0.05, 0) is 112 Å². The highest BCUT2D eigenvalue weighted by Gasteiger charge is 2.41. The fourth-order valence-electron chi connectivity index (χ4n) is 10.8. The van der Waals surface area contributed by atoms with Gasteiger partial charge in [-0.2, -0.15) is 0 Å². The van der Waals surface area contributed by atoms with Crippen molar-refractivity contribution < 1.29 is 62.5 Å². The van der Waals surface area contributed by atoms with Crippen LogP contribution in [0.15, 0.2) is 94.9 Å². The molecule has 1 aliphatic heterocycles. The largest absolute Gasteiger partial charge is 0.508 e. The van der Waals surface area contributed by atoms with E-state index >= 15 is 9.59 Å². The number of guanidine groups is 2. The number of methoxy groups -OCH3 is 1. The Bertz CT molecular complexity index is 2970. The molecule has 1 saturated heterocycles. The fraction of sp³-hybridized carbons (Fsp3) is 0.545. The lowest BCUT2D eigenvalue weighted by molar-refractivity contribution is -0.143. The first-order chi connectivity index (χ1) is 45.0. The molecule has 0 bridgehead atoms. The number of ketones is 2. The highest BCUT2D eigenvalue weighted by molar-refractivity contribution is 5.98. The van der Waals surface area contributed by atoms with Crippen molar-refractivity contribution in [3.63, 3.8) is 0 Å². The van der Waals surface area contributed by atoms with Crippen LogP contribution in [-0.4, -0.2) is 184 Å². The molecule has 4 rings (SSSR count). The third-order valence-electron chi connectivity index (χ3n) is 15.7. The monoisotopic (exact) mass is 1310 g/mol. The highest BCUT2D eigenvalue weighted by atomic mass is 16.5. The van der Waals surface area contributed by atoms with Crippen LogP contribution in [0.4, 0.5) is 0 Å². The van der Waals surface area contributed by atoms with E-state index in [1.807, 2.05) is 32.0 Å². The van der Waals surface area contributed by atoms with Crippen LogP contribution in [0.5, 0.6) is 5.75 Å². The zero-order valence-electron chi connectivity index (χ0n) is 54.6. The lowest BCUT2D eigenvalue weighted by Crippen LogP contribution is -2.58. The lowest BCUT2D eigenvalue weighted by Gasteiger charge is -2.31. The Morgan fingerprint density at radius 2 is 1.20 bits per heavy atom. The van der Waals surface area contributed by atoms with Gasteiger partial charge in [0.25, 0.3) is 0 Å². The number of primary amides is 2. The van der Waals surface area contributed by atoms with Gasteiger partial charge in [0, 0.05) is 78.0 Å². The molecule has 0 spiro atoms. The summed E-state index contributed by atoms with van der Waals surface area (Å²) in [5.74, 6) is -9.17. The Morgan fingerprint density at radius 3 is 1.78 bits per heavy atom. The van der Waals surface area contributed by atoms with Crippen LogP contribution >= 0.6 is 0 Å². The van der Waals surface area contributed by atoms with Crippen molar-refractivity contribution in [3.8, 4) is 5.75 Å². The van der Waals surface area contributed by atoms with Crippen molar-refractivity contribution in [3.05, 3.63) is 102 Å². The van der Waals surface area contributed by atoms with E-state index in [4.69, 9.17) is 38.1 Å². The Balaban J connectivity index is 1.63. The second kappa shape index (κ2) is 42.3. The number of rotatable bonds is 45. The van der Waals surface area contributed by atoms with Crippen molar-refractivity contribution in [2.45, 2.75) is 146 Å².